The van der Waals surface area contributed by atoms with E-state index in [1.54, 1.807) is 13.0 Å². The summed E-state index contributed by atoms with van der Waals surface area (Å²) in [5.41, 5.74) is -0.625. The predicted molar refractivity (Wildman–Crippen MR) is 64.1 cm³/mol. The number of hydrogen-bond donors (Lipinski definition) is 1. The van der Waals surface area contributed by atoms with Crippen LogP contribution >= 0.6 is 15.9 Å². The van der Waals surface area contributed by atoms with Gasteiger partial charge in [-0.05, 0) is 25.1 Å². The Hall–Kier alpha value is -0.750. The van der Waals surface area contributed by atoms with Crippen LogP contribution < -0.4 is 5.32 Å². The molecule has 0 fully saturated rings. The Bertz CT molecular complexity index is 381. The minimum Gasteiger partial charge on any atom is -0.382 e. The molecule has 1 N–H and O–H groups in total. The number of nitrogens with one attached hydrogen (secondary N) is 1. The normalized spacial score (nSPS) is 13.5. The fraction of sp³-hybridized carbons (Fsp3) is 0.455. The zero-order valence-corrected chi connectivity index (χ0v) is 11.0. The number of hydrogen-bond acceptors (Lipinski definition) is 2. The van der Waals surface area contributed by atoms with E-state index in [1.165, 1.54) is 13.2 Å². The molecule has 0 aliphatic rings. The number of rotatable bonds is 4. The first-order chi connectivity index (χ1) is 7.84. The Labute approximate surface area is 106 Å². The van der Waals surface area contributed by atoms with Crippen molar-refractivity contribution in [2.45, 2.75) is 19.2 Å². The van der Waals surface area contributed by atoms with E-state index >= 15 is 0 Å². The van der Waals surface area contributed by atoms with E-state index in [9.17, 15) is 13.2 Å². The Morgan fingerprint density at radius 3 is 2.59 bits per heavy atom. The lowest BCUT2D eigenvalue weighted by molar-refractivity contribution is -0.137. The number of benzene rings is 1. The van der Waals surface area contributed by atoms with Crippen LogP contribution in [0.15, 0.2) is 22.7 Å². The highest BCUT2D eigenvalue weighted by Crippen LogP contribution is 2.36. The van der Waals surface area contributed by atoms with Crippen LogP contribution in [0.2, 0.25) is 0 Å². The van der Waals surface area contributed by atoms with Gasteiger partial charge in [0.25, 0.3) is 0 Å². The molecule has 0 saturated carbocycles. The van der Waals surface area contributed by atoms with Crippen LogP contribution in [0.3, 0.4) is 0 Å². The first-order valence-corrected chi connectivity index (χ1v) is 5.77. The number of alkyl halides is 3. The van der Waals surface area contributed by atoms with Crippen molar-refractivity contribution in [1.29, 1.82) is 0 Å². The van der Waals surface area contributed by atoms with Crippen molar-refractivity contribution in [2.75, 3.05) is 19.0 Å². The van der Waals surface area contributed by atoms with Gasteiger partial charge < -0.3 is 10.1 Å². The van der Waals surface area contributed by atoms with Crippen LogP contribution in [-0.4, -0.2) is 19.8 Å². The van der Waals surface area contributed by atoms with Crippen molar-refractivity contribution < 1.29 is 17.9 Å². The molecule has 1 unspecified atom stereocenters. The lowest BCUT2D eigenvalue weighted by Crippen LogP contribution is -2.20. The third-order valence-electron chi connectivity index (χ3n) is 2.27. The van der Waals surface area contributed by atoms with Crippen molar-refractivity contribution in [3.63, 3.8) is 0 Å². The van der Waals surface area contributed by atoms with Gasteiger partial charge in [-0.15, -0.1) is 0 Å². The van der Waals surface area contributed by atoms with E-state index < -0.39 is 11.7 Å². The second kappa shape index (κ2) is 5.73. The molecular weight excluding hydrogens is 299 g/mol. The standard InChI is InChI=1S/C11H13BrF3NO/c1-7(17-2)6-16-10-4-3-8(12)5-9(10)11(13,14)15/h3-5,7,16H,6H2,1-2H3. The molecule has 1 atom stereocenters. The highest BCUT2D eigenvalue weighted by molar-refractivity contribution is 9.10. The average Bonchev–Trinajstić information content (AvgIpc) is 2.25. The highest BCUT2D eigenvalue weighted by Gasteiger charge is 2.33. The molecule has 0 bridgehead atoms. The molecule has 0 aliphatic heterocycles. The summed E-state index contributed by atoms with van der Waals surface area (Å²) >= 11 is 3.03. The Kier molecular flexibility index (Phi) is 4.82. The second-order valence-corrected chi connectivity index (χ2v) is 4.53. The van der Waals surface area contributed by atoms with Gasteiger partial charge in [-0.3, -0.25) is 0 Å². The van der Waals surface area contributed by atoms with Crippen LogP contribution in [0.25, 0.3) is 0 Å². The maximum Gasteiger partial charge on any atom is 0.418 e. The Balaban J connectivity index is 2.91. The number of methoxy groups -OCH3 is 1. The minimum atomic E-state index is -4.37. The zero-order chi connectivity index (χ0) is 13.1. The topological polar surface area (TPSA) is 21.3 Å². The van der Waals surface area contributed by atoms with Crippen LogP contribution in [-0.2, 0) is 10.9 Å². The summed E-state index contributed by atoms with van der Waals surface area (Å²) in [6.45, 7) is 2.10. The van der Waals surface area contributed by atoms with E-state index in [0.29, 0.717) is 11.0 Å². The lowest BCUT2D eigenvalue weighted by Gasteiger charge is -2.17. The quantitative estimate of drug-likeness (QED) is 0.910. The van der Waals surface area contributed by atoms with Gasteiger partial charge >= 0.3 is 6.18 Å². The number of ether oxygens (including phenoxy) is 1. The molecule has 0 radical (unpaired) electrons. The number of anilines is 1. The van der Waals surface area contributed by atoms with Gasteiger partial charge in [0.2, 0.25) is 0 Å². The van der Waals surface area contributed by atoms with E-state index in [-0.39, 0.29) is 11.8 Å². The minimum absolute atomic E-state index is 0.0598. The molecule has 6 heteroatoms. The molecule has 2 nitrogen and oxygen atoms in total. The maximum absolute atomic E-state index is 12.7. The fourth-order valence-electron chi connectivity index (χ4n) is 1.24. The molecule has 0 aromatic heterocycles. The summed E-state index contributed by atoms with van der Waals surface area (Å²) in [7, 11) is 1.51. The molecule has 96 valence electrons. The van der Waals surface area contributed by atoms with Gasteiger partial charge in [-0.1, -0.05) is 15.9 Å². The fourth-order valence-corrected chi connectivity index (χ4v) is 1.60. The van der Waals surface area contributed by atoms with E-state index in [0.717, 1.165) is 6.07 Å². The van der Waals surface area contributed by atoms with Gasteiger partial charge in [-0.2, -0.15) is 13.2 Å². The molecule has 1 rings (SSSR count). The summed E-state index contributed by atoms with van der Waals surface area (Å²) in [5, 5.41) is 2.73. The van der Waals surface area contributed by atoms with Gasteiger partial charge in [0.05, 0.1) is 11.7 Å². The zero-order valence-electron chi connectivity index (χ0n) is 9.44. The van der Waals surface area contributed by atoms with Crippen molar-refractivity contribution in [3.8, 4) is 0 Å². The van der Waals surface area contributed by atoms with E-state index in [1.807, 2.05) is 0 Å². The highest BCUT2D eigenvalue weighted by atomic mass is 79.9. The van der Waals surface area contributed by atoms with Crippen molar-refractivity contribution in [2.24, 2.45) is 0 Å². The molecule has 0 saturated heterocycles. The smallest absolute Gasteiger partial charge is 0.382 e. The first kappa shape index (κ1) is 14.3. The van der Waals surface area contributed by atoms with Crippen molar-refractivity contribution >= 4 is 21.6 Å². The third-order valence-corrected chi connectivity index (χ3v) is 2.76. The summed E-state index contributed by atoms with van der Waals surface area (Å²) in [4.78, 5) is 0. The lowest BCUT2D eigenvalue weighted by atomic mass is 10.1. The molecule has 1 aromatic rings. The second-order valence-electron chi connectivity index (χ2n) is 3.61. The van der Waals surface area contributed by atoms with Gasteiger partial charge in [0, 0.05) is 23.8 Å². The molecule has 0 amide bonds. The van der Waals surface area contributed by atoms with Gasteiger partial charge in [0.1, 0.15) is 0 Å². The molecular formula is C11H13BrF3NO. The molecule has 0 heterocycles. The number of halogens is 4. The molecule has 1 aromatic carbocycles. The van der Waals surface area contributed by atoms with Crippen LogP contribution in [0.1, 0.15) is 12.5 Å². The van der Waals surface area contributed by atoms with Gasteiger partial charge in [0.15, 0.2) is 0 Å². The summed E-state index contributed by atoms with van der Waals surface area (Å²) in [6.07, 6.45) is -4.53. The van der Waals surface area contributed by atoms with E-state index in [4.69, 9.17) is 4.74 Å². The third kappa shape index (κ3) is 4.20. The largest absolute Gasteiger partial charge is 0.418 e. The first-order valence-electron chi connectivity index (χ1n) is 4.98. The monoisotopic (exact) mass is 311 g/mol. The molecule has 0 aliphatic carbocycles. The summed E-state index contributed by atoms with van der Waals surface area (Å²) in [5.74, 6) is 0. The van der Waals surface area contributed by atoms with Crippen LogP contribution in [0, 0.1) is 0 Å². The van der Waals surface area contributed by atoms with Crippen molar-refractivity contribution in [1.82, 2.24) is 0 Å². The molecule has 0 spiro atoms. The van der Waals surface area contributed by atoms with Crippen LogP contribution in [0.5, 0.6) is 0 Å². The summed E-state index contributed by atoms with van der Waals surface area (Å²) in [6, 6.07) is 4.02. The van der Waals surface area contributed by atoms with Crippen LogP contribution in [0.4, 0.5) is 18.9 Å². The predicted octanol–water partition coefficient (Wildman–Crippen LogP) is 3.91. The summed E-state index contributed by atoms with van der Waals surface area (Å²) < 4.78 is 43.6. The maximum atomic E-state index is 12.7. The van der Waals surface area contributed by atoms with Gasteiger partial charge in [-0.25, -0.2) is 0 Å². The van der Waals surface area contributed by atoms with E-state index in [2.05, 4.69) is 21.2 Å². The van der Waals surface area contributed by atoms with Crippen molar-refractivity contribution in [3.05, 3.63) is 28.2 Å². The Morgan fingerprint density at radius 2 is 2.06 bits per heavy atom. The SMILES string of the molecule is COC(C)CNc1ccc(Br)cc1C(F)(F)F. The molecule has 17 heavy (non-hydrogen) atoms. The Morgan fingerprint density at radius 1 is 1.41 bits per heavy atom. The average molecular weight is 312 g/mol.